The fraction of sp³-hybridized carbons (Fsp3) is 0.375. The van der Waals surface area contributed by atoms with E-state index in [4.69, 9.17) is 4.98 Å². The molecular formula is C24H31N. The fourth-order valence-corrected chi connectivity index (χ4v) is 2.84. The molecule has 2 aromatic rings. The number of allylic oxidation sites excluding steroid dienone is 6. The zero-order chi connectivity index (χ0) is 18.1. The molecule has 2 rings (SSSR count). The molecule has 0 fully saturated rings. The van der Waals surface area contributed by atoms with Crippen LogP contribution >= 0.6 is 0 Å². The number of nitrogens with zero attached hydrogens (tertiary/aromatic N) is 1. The van der Waals surface area contributed by atoms with Gasteiger partial charge in [-0.3, -0.25) is 4.98 Å². The molecule has 0 aliphatic carbocycles. The molecule has 0 bridgehead atoms. The van der Waals surface area contributed by atoms with Crippen LogP contribution in [0.25, 0.3) is 10.9 Å². The van der Waals surface area contributed by atoms with Crippen molar-refractivity contribution in [1.29, 1.82) is 0 Å². The van der Waals surface area contributed by atoms with Gasteiger partial charge >= 0.3 is 0 Å². The Morgan fingerprint density at radius 2 is 1.48 bits per heavy atom. The maximum atomic E-state index is 4.74. The fourth-order valence-electron chi connectivity index (χ4n) is 2.84. The molecule has 0 atom stereocenters. The highest BCUT2D eigenvalue weighted by molar-refractivity contribution is 5.78. The van der Waals surface area contributed by atoms with Gasteiger partial charge in [0.1, 0.15) is 0 Å². The molecule has 0 N–H and O–H groups in total. The van der Waals surface area contributed by atoms with Gasteiger partial charge in [0.25, 0.3) is 0 Å². The minimum absolute atomic E-state index is 0.917. The molecule has 1 heteroatoms. The summed E-state index contributed by atoms with van der Waals surface area (Å²) >= 11 is 0. The van der Waals surface area contributed by atoms with Gasteiger partial charge in [0.15, 0.2) is 0 Å². The van der Waals surface area contributed by atoms with Crippen LogP contribution in [0.4, 0.5) is 0 Å². The summed E-state index contributed by atoms with van der Waals surface area (Å²) in [7, 11) is 0. The van der Waals surface area contributed by atoms with Gasteiger partial charge in [-0.05, 0) is 65.5 Å². The Labute approximate surface area is 153 Å². The highest BCUT2D eigenvalue weighted by atomic mass is 14.7. The number of benzene rings is 1. The van der Waals surface area contributed by atoms with Crippen LogP contribution in [-0.4, -0.2) is 4.98 Å². The lowest BCUT2D eigenvalue weighted by Crippen LogP contribution is -1.89. The van der Waals surface area contributed by atoms with E-state index >= 15 is 0 Å². The van der Waals surface area contributed by atoms with Gasteiger partial charge in [-0.2, -0.15) is 0 Å². The highest BCUT2D eigenvalue weighted by Crippen LogP contribution is 2.14. The number of para-hydroxylation sites is 1. The minimum Gasteiger partial charge on any atom is -0.253 e. The van der Waals surface area contributed by atoms with Gasteiger partial charge < -0.3 is 0 Å². The summed E-state index contributed by atoms with van der Waals surface area (Å²) in [6.07, 6.45) is 12.6. The maximum Gasteiger partial charge on any atom is 0.0705 e. The molecule has 0 spiro atoms. The second kappa shape index (κ2) is 9.98. The van der Waals surface area contributed by atoms with Gasteiger partial charge in [-0.15, -0.1) is 0 Å². The van der Waals surface area contributed by atoms with E-state index in [1.54, 1.807) is 0 Å². The summed E-state index contributed by atoms with van der Waals surface area (Å²) in [5, 5.41) is 1.21. The normalized spacial score (nSPS) is 12.5. The Bertz CT molecular complexity index is 774. The van der Waals surface area contributed by atoms with Crippen molar-refractivity contribution >= 4 is 10.9 Å². The number of hydrogen-bond donors (Lipinski definition) is 0. The predicted molar refractivity (Wildman–Crippen MR) is 111 cm³/mol. The van der Waals surface area contributed by atoms with Gasteiger partial charge in [0.2, 0.25) is 0 Å². The molecule has 1 nitrogen and oxygen atoms in total. The van der Waals surface area contributed by atoms with Crippen LogP contribution in [0.5, 0.6) is 0 Å². The zero-order valence-corrected chi connectivity index (χ0v) is 16.2. The molecule has 132 valence electrons. The van der Waals surface area contributed by atoms with Gasteiger partial charge in [0.05, 0.1) is 5.52 Å². The number of pyridine rings is 1. The first-order valence-electron chi connectivity index (χ1n) is 9.34. The largest absolute Gasteiger partial charge is 0.253 e. The summed E-state index contributed by atoms with van der Waals surface area (Å²) in [5.74, 6) is 0. The molecule has 0 amide bonds. The molecule has 0 aliphatic heterocycles. The second-order valence-corrected chi connectivity index (χ2v) is 7.16. The summed E-state index contributed by atoms with van der Waals surface area (Å²) in [6.45, 7) is 8.81. The average Bonchev–Trinajstić information content (AvgIpc) is 2.59. The van der Waals surface area contributed by atoms with Crippen LogP contribution in [-0.2, 0) is 6.42 Å². The van der Waals surface area contributed by atoms with E-state index < -0.39 is 0 Å². The molecule has 1 aromatic carbocycles. The third-order valence-corrected chi connectivity index (χ3v) is 4.44. The Morgan fingerprint density at radius 1 is 0.800 bits per heavy atom. The summed E-state index contributed by atoms with van der Waals surface area (Å²) in [4.78, 5) is 4.74. The quantitative estimate of drug-likeness (QED) is 0.465. The summed E-state index contributed by atoms with van der Waals surface area (Å²) < 4.78 is 0. The molecule has 0 saturated heterocycles. The zero-order valence-electron chi connectivity index (χ0n) is 16.2. The molecule has 0 radical (unpaired) electrons. The summed E-state index contributed by atoms with van der Waals surface area (Å²) in [5.41, 5.74) is 6.59. The molecule has 0 aliphatic rings. The van der Waals surface area contributed by atoms with Crippen molar-refractivity contribution in [3.05, 3.63) is 77.0 Å². The molecule has 25 heavy (non-hydrogen) atoms. The molecular weight excluding hydrogens is 302 g/mol. The van der Waals surface area contributed by atoms with Gasteiger partial charge in [-0.25, -0.2) is 0 Å². The van der Waals surface area contributed by atoms with E-state index in [1.165, 1.54) is 28.5 Å². The smallest absolute Gasteiger partial charge is 0.0705 e. The number of aromatic nitrogens is 1. The van der Waals surface area contributed by atoms with Gasteiger partial charge in [-0.1, -0.05) is 59.2 Å². The van der Waals surface area contributed by atoms with E-state index in [9.17, 15) is 0 Å². The molecule has 1 heterocycles. The lowest BCUT2D eigenvalue weighted by Gasteiger charge is -2.03. The van der Waals surface area contributed by atoms with Crippen molar-refractivity contribution in [2.75, 3.05) is 0 Å². The standard InChI is InChI=1S/C24H31N/c1-19(2)9-7-10-20(3)11-8-12-21(4)15-17-23-18-16-22-13-5-6-14-24(22)25-23/h5-6,9,11,13-16,18H,7-8,10,12,17H2,1-4H3/b20-11+,21-15+. The number of rotatable bonds is 8. The summed E-state index contributed by atoms with van der Waals surface area (Å²) in [6, 6.07) is 12.6. The van der Waals surface area contributed by atoms with E-state index in [2.05, 4.69) is 76.3 Å². The molecule has 0 unspecified atom stereocenters. The van der Waals surface area contributed by atoms with Crippen molar-refractivity contribution in [2.45, 2.75) is 59.8 Å². The Kier molecular flexibility index (Phi) is 7.66. The van der Waals surface area contributed by atoms with Crippen LogP contribution in [0.15, 0.2) is 71.3 Å². The predicted octanol–water partition coefficient (Wildman–Crippen LogP) is 7.20. The van der Waals surface area contributed by atoms with Crippen LogP contribution in [0.2, 0.25) is 0 Å². The minimum atomic E-state index is 0.917. The second-order valence-electron chi connectivity index (χ2n) is 7.16. The Morgan fingerprint density at radius 3 is 2.24 bits per heavy atom. The third-order valence-electron chi connectivity index (χ3n) is 4.44. The first kappa shape index (κ1) is 19.2. The van der Waals surface area contributed by atoms with E-state index in [0.29, 0.717) is 0 Å². The SMILES string of the molecule is CC(C)=CCC/C(C)=C/CC/C(C)=C/Cc1ccc2ccccc2n1. The first-order valence-corrected chi connectivity index (χ1v) is 9.34. The van der Waals surface area contributed by atoms with E-state index in [-0.39, 0.29) is 0 Å². The monoisotopic (exact) mass is 333 g/mol. The lowest BCUT2D eigenvalue weighted by atomic mass is 10.1. The number of hydrogen-bond acceptors (Lipinski definition) is 1. The van der Waals surface area contributed by atoms with Crippen LogP contribution in [0.1, 0.15) is 59.1 Å². The maximum absolute atomic E-state index is 4.74. The Hall–Kier alpha value is -2.15. The lowest BCUT2D eigenvalue weighted by molar-refractivity contribution is 0.913. The van der Waals surface area contributed by atoms with Crippen molar-refractivity contribution < 1.29 is 0 Å². The number of fused-ring (bicyclic) bond motifs is 1. The van der Waals surface area contributed by atoms with Crippen LogP contribution < -0.4 is 0 Å². The van der Waals surface area contributed by atoms with Crippen molar-refractivity contribution in [3.63, 3.8) is 0 Å². The van der Waals surface area contributed by atoms with E-state index in [1.807, 2.05) is 6.07 Å². The van der Waals surface area contributed by atoms with E-state index in [0.717, 1.165) is 36.9 Å². The molecule has 1 aromatic heterocycles. The molecule has 0 saturated carbocycles. The van der Waals surface area contributed by atoms with Crippen LogP contribution in [0, 0.1) is 0 Å². The van der Waals surface area contributed by atoms with Gasteiger partial charge in [0, 0.05) is 17.5 Å². The average molecular weight is 334 g/mol. The van der Waals surface area contributed by atoms with Crippen molar-refractivity contribution in [3.8, 4) is 0 Å². The topological polar surface area (TPSA) is 12.9 Å². The third kappa shape index (κ3) is 7.09. The van der Waals surface area contributed by atoms with Crippen LogP contribution in [0.3, 0.4) is 0 Å². The highest BCUT2D eigenvalue weighted by Gasteiger charge is 1.97. The Balaban J connectivity index is 1.81. The van der Waals surface area contributed by atoms with Crippen molar-refractivity contribution in [1.82, 2.24) is 4.98 Å². The van der Waals surface area contributed by atoms with Crippen molar-refractivity contribution in [2.24, 2.45) is 0 Å². The first-order chi connectivity index (χ1) is 12.0.